The molecule has 0 aliphatic heterocycles. The molecule has 0 saturated heterocycles. The van der Waals surface area contributed by atoms with Crippen LogP contribution in [0.1, 0.15) is 29.5 Å². The van der Waals surface area contributed by atoms with E-state index < -0.39 is 0 Å². The Bertz CT molecular complexity index is 458. The molecule has 0 aliphatic rings. The molecule has 2 heterocycles. The van der Waals surface area contributed by atoms with Gasteiger partial charge in [0.25, 0.3) is 0 Å². The molecule has 20 heavy (non-hydrogen) atoms. The number of hydrogen-bond acceptors (Lipinski definition) is 3. The third kappa shape index (κ3) is 4.65. The van der Waals surface area contributed by atoms with Crippen molar-refractivity contribution in [3.05, 3.63) is 44.8 Å². The van der Waals surface area contributed by atoms with Crippen LogP contribution >= 0.6 is 22.7 Å². The summed E-state index contributed by atoms with van der Waals surface area (Å²) in [4.78, 5) is 16.6. The van der Waals surface area contributed by atoms with Gasteiger partial charge in [0.2, 0.25) is 0 Å². The Balaban J connectivity index is 1.97. The van der Waals surface area contributed by atoms with Crippen LogP contribution in [0.2, 0.25) is 0 Å². The number of thiophene rings is 2. The Morgan fingerprint density at radius 1 is 1.15 bits per heavy atom. The highest BCUT2D eigenvalue weighted by atomic mass is 32.1. The van der Waals surface area contributed by atoms with Crippen molar-refractivity contribution in [3.8, 4) is 0 Å². The highest BCUT2D eigenvalue weighted by molar-refractivity contribution is 7.10. The first kappa shape index (κ1) is 15.1. The smallest absolute Gasteiger partial charge is 0.318 e. The summed E-state index contributed by atoms with van der Waals surface area (Å²) >= 11 is 3.38. The van der Waals surface area contributed by atoms with E-state index in [0.29, 0.717) is 13.1 Å². The molecule has 0 radical (unpaired) electrons. The van der Waals surface area contributed by atoms with Crippen LogP contribution < -0.4 is 5.32 Å². The molecule has 0 aromatic carbocycles. The average molecular weight is 308 g/mol. The molecule has 0 unspecified atom stereocenters. The second-order valence-corrected chi connectivity index (χ2v) is 6.66. The van der Waals surface area contributed by atoms with Crippen LogP contribution in [0.15, 0.2) is 35.0 Å². The standard InChI is InChI=1S/C15H20N2OS2/c1-2-3-8-16-15(18)17(11-13-6-4-9-19-13)12-14-7-5-10-20-14/h4-7,9-10H,2-3,8,11-12H2,1H3,(H,16,18). The highest BCUT2D eigenvalue weighted by Gasteiger charge is 2.15. The number of nitrogens with zero attached hydrogens (tertiary/aromatic N) is 1. The zero-order valence-electron chi connectivity index (χ0n) is 11.7. The second-order valence-electron chi connectivity index (χ2n) is 4.60. The van der Waals surface area contributed by atoms with Gasteiger partial charge in [0, 0.05) is 16.3 Å². The van der Waals surface area contributed by atoms with Gasteiger partial charge in [-0.15, -0.1) is 22.7 Å². The largest absolute Gasteiger partial charge is 0.338 e. The fraction of sp³-hybridized carbons (Fsp3) is 0.400. The minimum Gasteiger partial charge on any atom is -0.338 e. The van der Waals surface area contributed by atoms with E-state index in [1.165, 1.54) is 9.75 Å². The summed E-state index contributed by atoms with van der Waals surface area (Å²) in [5.74, 6) is 0. The topological polar surface area (TPSA) is 32.3 Å². The molecule has 2 aromatic heterocycles. The van der Waals surface area contributed by atoms with Gasteiger partial charge in [0.05, 0.1) is 13.1 Å². The number of carbonyl (C=O) groups is 1. The lowest BCUT2D eigenvalue weighted by atomic mass is 10.3. The summed E-state index contributed by atoms with van der Waals surface area (Å²) in [6.07, 6.45) is 2.12. The molecule has 0 bridgehead atoms. The Hall–Kier alpha value is -1.33. The van der Waals surface area contributed by atoms with Crippen LogP contribution in [-0.4, -0.2) is 17.5 Å². The van der Waals surface area contributed by atoms with E-state index in [4.69, 9.17) is 0 Å². The zero-order chi connectivity index (χ0) is 14.2. The summed E-state index contributed by atoms with van der Waals surface area (Å²) in [7, 11) is 0. The fourth-order valence-corrected chi connectivity index (χ4v) is 3.30. The summed E-state index contributed by atoms with van der Waals surface area (Å²) in [5.41, 5.74) is 0. The number of unbranched alkanes of at least 4 members (excludes halogenated alkanes) is 1. The van der Waals surface area contributed by atoms with Gasteiger partial charge in [-0.1, -0.05) is 25.5 Å². The van der Waals surface area contributed by atoms with Gasteiger partial charge in [0.1, 0.15) is 0 Å². The molecule has 108 valence electrons. The van der Waals surface area contributed by atoms with Gasteiger partial charge in [-0.25, -0.2) is 4.79 Å². The van der Waals surface area contributed by atoms with Gasteiger partial charge < -0.3 is 10.2 Å². The minimum atomic E-state index is 0.0280. The zero-order valence-corrected chi connectivity index (χ0v) is 13.3. The number of amides is 2. The monoisotopic (exact) mass is 308 g/mol. The molecule has 3 nitrogen and oxygen atoms in total. The predicted octanol–water partition coefficient (Wildman–Crippen LogP) is 4.32. The molecule has 0 spiro atoms. The Morgan fingerprint density at radius 2 is 1.75 bits per heavy atom. The van der Waals surface area contributed by atoms with Crippen molar-refractivity contribution in [3.63, 3.8) is 0 Å². The minimum absolute atomic E-state index is 0.0280. The van der Waals surface area contributed by atoms with Crippen molar-refractivity contribution >= 4 is 28.7 Å². The normalized spacial score (nSPS) is 10.4. The van der Waals surface area contributed by atoms with Gasteiger partial charge in [-0.2, -0.15) is 0 Å². The summed E-state index contributed by atoms with van der Waals surface area (Å²) < 4.78 is 0. The van der Waals surface area contributed by atoms with Crippen molar-refractivity contribution in [2.24, 2.45) is 0 Å². The SMILES string of the molecule is CCCCNC(=O)N(Cc1cccs1)Cc1cccs1. The van der Waals surface area contributed by atoms with Crippen LogP contribution in [0.3, 0.4) is 0 Å². The van der Waals surface area contributed by atoms with E-state index in [1.54, 1.807) is 22.7 Å². The lowest BCUT2D eigenvalue weighted by molar-refractivity contribution is 0.193. The number of carbonyl (C=O) groups excluding carboxylic acids is 1. The van der Waals surface area contributed by atoms with Gasteiger partial charge in [-0.3, -0.25) is 0 Å². The summed E-state index contributed by atoms with van der Waals surface area (Å²) in [5, 5.41) is 7.10. The van der Waals surface area contributed by atoms with Gasteiger partial charge in [-0.05, 0) is 29.3 Å². The van der Waals surface area contributed by atoms with E-state index in [9.17, 15) is 4.79 Å². The molecule has 0 atom stereocenters. The van der Waals surface area contributed by atoms with Crippen LogP contribution in [0, 0.1) is 0 Å². The molecule has 2 amide bonds. The van der Waals surface area contributed by atoms with E-state index in [0.717, 1.165) is 19.4 Å². The molecular formula is C15H20N2OS2. The molecule has 1 N–H and O–H groups in total. The highest BCUT2D eigenvalue weighted by Crippen LogP contribution is 2.17. The molecule has 0 fully saturated rings. The van der Waals surface area contributed by atoms with E-state index >= 15 is 0 Å². The summed E-state index contributed by atoms with van der Waals surface area (Å²) in [6, 6.07) is 8.23. The predicted molar refractivity (Wildman–Crippen MR) is 86.2 cm³/mol. The Kier molecular flexibility index (Phi) is 6.08. The van der Waals surface area contributed by atoms with Crippen LogP contribution in [-0.2, 0) is 13.1 Å². The van der Waals surface area contributed by atoms with Crippen molar-refractivity contribution in [2.75, 3.05) is 6.54 Å². The molecule has 0 saturated carbocycles. The number of nitrogens with one attached hydrogen (secondary N) is 1. The quantitative estimate of drug-likeness (QED) is 0.759. The maximum absolute atomic E-state index is 12.3. The van der Waals surface area contributed by atoms with Gasteiger partial charge in [0.15, 0.2) is 0 Å². The Labute approximate surface area is 128 Å². The lowest BCUT2D eigenvalue weighted by Gasteiger charge is -2.22. The maximum atomic E-state index is 12.3. The first-order valence-corrected chi connectivity index (χ1v) is 8.63. The van der Waals surface area contributed by atoms with E-state index in [1.807, 2.05) is 27.8 Å². The van der Waals surface area contributed by atoms with Crippen LogP contribution in [0.25, 0.3) is 0 Å². The number of hydrogen-bond donors (Lipinski definition) is 1. The first-order valence-electron chi connectivity index (χ1n) is 6.87. The van der Waals surface area contributed by atoms with Crippen molar-refractivity contribution in [1.29, 1.82) is 0 Å². The fourth-order valence-electron chi connectivity index (χ4n) is 1.86. The van der Waals surface area contributed by atoms with Crippen LogP contribution in [0.4, 0.5) is 4.79 Å². The molecular weight excluding hydrogens is 288 g/mol. The van der Waals surface area contributed by atoms with Crippen LogP contribution in [0.5, 0.6) is 0 Å². The third-order valence-electron chi connectivity index (χ3n) is 2.95. The molecule has 2 aromatic rings. The maximum Gasteiger partial charge on any atom is 0.318 e. The third-order valence-corrected chi connectivity index (χ3v) is 4.67. The van der Waals surface area contributed by atoms with Crippen molar-refractivity contribution in [2.45, 2.75) is 32.9 Å². The Morgan fingerprint density at radius 3 is 2.20 bits per heavy atom. The van der Waals surface area contributed by atoms with E-state index in [2.05, 4.69) is 24.4 Å². The van der Waals surface area contributed by atoms with E-state index in [-0.39, 0.29) is 6.03 Å². The van der Waals surface area contributed by atoms with Gasteiger partial charge >= 0.3 is 6.03 Å². The lowest BCUT2D eigenvalue weighted by Crippen LogP contribution is -2.39. The van der Waals surface area contributed by atoms with Crippen molar-refractivity contribution < 1.29 is 4.79 Å². The first-order chi connectivity index (χ1) is 9.79. The molecule has 2 rings (SSSR count). The number of urea groups is 1. The summed E-state index contributed by atoms with van der Waals surface area (Å²) in [6.45, 7) is 4.23. The van der Waals surface area contributed by atoms with Crippen molar-refractivity contribution in [1.82, 2.24) is 10.2 Å². The molecule has 5 heteroatoms. The number of rotatable bonds is 7. The molecule has 0 aliphatic carbocycles. The average Bonchev–Trinajstić information content (AvgIpc) is 3.11. The second kappa shape index (κ2) is 8.07.